The summed E-state index contributed by atoms with van der Waals surface area (Å²) in [5, 5.41) is 1.38. The zero-order valence-electron chi connectivity index (χ0n) is 20.2. The zero-order chi connectivity index (χ0) is 22.9. The third kappa shape index (κ3) is 2.94. The number of para-hydroxylation sites is 2. The van der Waals surface area contributed by atoms with Crippen molar-refractivity contribution in [3.8, 4) is 5.69 Å². The molecule has 1 aliphatic heterocycles. The largest absolute Gasteiger partial charge is 0.494 e. The van der Waals surface area contributed by atoms with Crippen LogP contribution in [0, 0.1) is 23.2 Å². The lowest BCUT2D eigenvalue weighted by atomic mass is 9.63. The van der Waals surface area contributed by atoms with E-state index in [9.17, 15) is 0 Å². The Kier molecular flexibility index (Phi) is 4.50. The number of allylic oxidation sites excluding steroid dienone is 4. The van der Waals surface area contributed by atoms with Gasteiger partial charge in [0.25, 0.3) is 0 Å². The molecule has 0 N–H and O–H groups in total. The molecule has 0 radical (unpaired) electrons. The van der Waals surface area contributed by atoms with E-state index in [1.54, 1.807) is 5.57 Å². The first-order chi connectivity index (χ1) is 16.6. The first-order valence-electron chi connectivity index (χ1n) is 13.1. The predicted molar refractivity (Wildman–Crippen MR) is 140 cm³/mol. The zero-order valence-corrected chi connectivity index (χ0v) is 20.2. The van der Waals surface area contributed by atoms with Gasteiger partial charge in [0.2, 0.25) is 0 Å². The van der Waals surface area contributed by atoms with Crippen LogP contribution in [0.4, 0.5) is 0 Å². The Morgan fingerprint density at radius 3 is 2.68 bits per heavy atom. The van der Waals surface area contributed by atoms with Gasteiger partial charge in [-0.05, 0) is 68.2 Å². The minimum absolute atomic E-state index is 0.142. The first kappa shape index (κ1) is 20.4. The van der Waals surface area contributed by atoms with E-state index in [0.717, 1.165) is 25.7 Å². The van der Waals surface area contributed by atoms with Gasteiger partial charge in [-0.25, -0.2) is 0 Å². The van der Waals surface area contributed by atoms with E-state index in [2.05, 4.69) is 97.3 Å². The number of benzene rings is 2. The van der Waals surface area contributed by atoms with Crippen molar-refractivity contribution in [1.29, 1.82) is 0 Å². The summed E-state index contributed by atoms with van der Waals surface area (Å²) in [5.74, 6) is 3.03. The van der Waals surface area contributed by atoms with Crippen molar-refractivity contribution < 1.29 is 4.74 Å². The maximum atomic E-state index is 6.53. The molecule has 0 spiro atoms. The predicted octanol–water partition coefficient (Wildman–Crippen LogP) is 7.87. The summed E-state index contributed by atoms with van der Waals surface area (Å²) in [6.07, 6.45) is 16.0. The molecule has 4 unspecified atom stereocenters. The van der Waals surface area contributed by atoms with Crippen molar-refractivity contribution >= 4 is 17.0 Å². The van der Waals surface area contributed by atoms with Gasteiger partial charge >= 0.3 is 0 Å². The molecular formula is C32H33NO. The Morgan fingerprint density at radius 1 is 0.971 bits per heavy atom. The van der Waals surface area contributed by atoms with E-state index < -0.39 is 0 Å². The van der Waals surface area contributed by atoms with Gasteiger partial charge in [-0.3, -0.25) is 0 Å². The lowest BCUT2D eigenvalue weighted by Crippen LogP contribution is -2.34. The molecule has 2 heterocycles. The quantitative estimate of drug-likeness (QED) is 0.365. The molecule has 1 aromatic heterocycles. The number of hydrogen-bond acceptors (Lipinski definition) is 1. The van der Waals surface area contributed by atoms with Crippen LogP contribution in [0.1, 0.15) is 50.8 Å². The summed E-state index contributed by atoms with van der Waals surface area (Å²) in [4.78, 5) is 0. The molecule has 0 saturated carbocycles. The number of nitrogens with zero attached hydrogens (tertiary/aromatic N) is 1. The molecular weight excluding hydrogens is 414 g/mol. The number of aromatic nitrogens is 1. The van der Waals surface area contributed by atoms with Crippen LogP contribution in [0.2, 0.25) is 0 Å². The van der Waals surface area contributed by atoms with Crippen molar-refractivity contribution in [3.63, 3.8) is 0 Å². The van der Waals surface area contributed by atoms with E-state index in [1.165, 1.54) is 40.0 Å². The minimum Gasteiger partial charge on any atom is -0.494 e. The van der Waals surface area contributed by atoms with Crippen LogP contribution >= 0.6 is 0 Å². The second-order valence-corrected chi connectivity index (χ2v) is 11.2. The highest BCUT2D eigenvalue weighted by Crippen LogP contribution is 2.57. The normalized spacial score (nSPS) is 31.8. The van der Waals surface area contributed by atoms with E-state index in [-0.39, 0.29) is 5.41 Å². The van der Waals surface area contributed by atoms with Gasteiger partial charge in [0.05, 0.1) is 11.3 Å². The smallest absolute Gasteiger partial charge is 0.106 e. The molecule has 7 rings (SSSR count). The van der Waals surface area contributed by atoms with Gasteiger partial charge in [0.1, 0.15) is 6.10 Å². The molecule has 3 aromatic rings. The SMILES string of the molecule is CC1C=CC2C(C1)OC1=CCC(C3=Cc4c(n(-c5ccccc5)c5ccccc45)CC3)C[C@@]12C. The fraction of sp³-hybridized carbons (Fsp3) is 0.375. The standard InChI is InChI=1S/C32H33NO/c1-21-12-15-27-30(18-21)34-31-17-14-23(20-32(27,31)2)22-13-16-29-26(19-22)25-10-6-7-11-28(25)33(29)24-8-4-3-5-9-24/h3-12,15,17,19,21,23,27,30H,13-14,16,18,20H2,1-2H3/t21?,23?,27?,30?,32-/m1/s1. The Balaban J connectivity index is 1.28. The Morgan fingerprint density at radius 2 is 1.79 bits per heavy atom. The fourth-order valence-electron chi connectivity index (χ4n) is 7.32. The monoisotopic (exact) mass is 447 g/mol. The highest BCUT2D eigenvalue weighted by atomic mass is 16.5. The van der Waals surface area contributed by atoms with Crippen LogP contribution in [-0.4, -0.2) is 10.7 Å². The lowest BCUT2D eigenvalue weighted by Gasteiger charge is -2.38. The summed E-state index contributed by atoms with van der Waals surface area (Å²) in [7, 11) is 0. The van der Waals surface area contributed by atoms with Gasteiger partial charge in [-0.2, -0.15) is 0 Å². The highest BCUT2D eigenvalue weighted by molar-refractivity contribution is 5.93. The lowest BCUT2D eigenvalue weighted by molar-refractivity contribution is 0.118. The third-order valence-electron chi connectivity index (χ3n) is 9.02. The minimum atomic E-state index is 0.142. The molecule has 0 amide bonds. The Hall–Kier alpha value is -3.00. The molecule has 2 heteroatoms. The van der Waals surface area contributed by atoms with Crippen LogP contribution in [0.3, 0.4) is 0 Å². The van der Waals surface area contributed by atoms with E-state index in [0.29, 0.717) is 23.9 Å². The van der Waals surface area contributed by atoms with Crippen LogP contribution in [0.25, 0.3) is 22.7 Å². The molecule has 4 aliphatic rings. The van der Waals surface area contributed by atoms with Crippen molar-refractivity contribution in [2.75, 3.05) is 0 Å². The topological polar surface area (TPSA) is 14.2 Å². The van der Waals surface area contributed by atoms with Crippen LogP contribution in [0.5, 0.6) is 0 Å². The summed E-state index contributed by atoms with van der Waals surface area (Å²) in [6, 6.07) is 19.8. The second kappa shape index (κ2) is 7.50. The van der Waals surface area contributed by atoms with Gasteiger partial charge in [-0.15, -0.1) is 0 Å². The van der Waals surface area contributed by atoms with E-state index in [1.807, 2.05) is 0 Å². The molecule has 172 valence electrons. The van der Waals surface area contributed by atoms with Crippen LogP contribution in [-0.2, 0) is 11.2 Å². The highest BCUT2D eigenvalue weighted by Gasteiger charge is 2.53. The van der Waals surface area contributed by atoms with Gasteiger partial charge < -0.3 is 9.30 Å². The van der Waals surface area contributed by atoms with Gasteiger partial charge in [0, 0.05) is 33.7 Å². The van der Waals surface area contributed by atoms with Crippen molar-refractivity contribution in [1.82, 2.24) is 4.57 Å². The Bertz CT molecular complexity index is 1360. The molecule has 5 atom stereocenters. The number of hydrogen-bond donors (Lipinski definition) is 0. The van der Waals surface area contributed by atoms with E-state index in [4.69, 9.17) is 4.74 Å². The number of ether oxygens (including phenoxy) is 1. The van der Waals surface area contributed by atoms with Crippen molar-refractivity contribution in [3.05, 3.63) is 95.4 Å². The number of rotatable bonds is 2. The molecule has 1 saturated heterocycles. The van der Waals surface area contributed by atoms with Crippen molar-refractivity contribution in [2.24, 2.45) is 23.2 Å². The van der Waals surface area contributed by atoms with Crippen LogP contribution in [0.15, 0.2) is 84.2 Å². The van der Waals surface area contributed by atoms with Crippen LogP contribution < -0.4 is 0 Å². The summed E-state index contributed by atoms with van der Waals surface area (Å²) < 4.78 is 9.02. The fourth-order valence-corrected chi connectivity index (χ4v) is 7.32. The molecule has 3 aliphatic carbocycles. The van der Waals surface area contributed by atoms with Crippen molar-refractivity contribution in [2.45, 2.75) is 52.1 Å². The average Bonchev–Trinajstić information content (AvgIpc) is 3.34. The maximum Gasteiger partial charge on any atom is 0.106 e. The summed E-state index contributed by atoms with van der Waals surface area (Å²) in [6.45, 7) is 4.78. The summed E-state index contributed by atoms with van der Waals surface area (Å²) >= 11 is 0. The molecule has 34 heavy (non-hydrogen) atoms. The van der Waals surface area contributed by atoms with Gasteiger partial charge in [-0.1, -0.05) is 74.0 Å². The second-order valence-electron chi connectivity index (χ2n) is 11.2. The van der Waals surface area contributed by atoms with Gasteiger partial charge in [0.15, 0.2) is 0 Å². The molecule has 0 bridgehead atoms. The third-order valence-corrected chi connectivity index (χ3v) is 9.02. The first-order valence-corrected chi connectivity index (χ1v) is 13.1. The number of fused-ring (bicyclic) bond motifs is 6. The Labute approximate surface area is 202 Å². The average molecular weight is 448 g/mol. The maximum absolute atomic E-state index is 6.53. The van der Waals surface area contributed by atoms with E-state index >= 15 is 0 Å². The summed E-state index contributed by atoms with van der Waals surface area (Å²) in [5.41, 5.74) is 7.26. The molecule has 2 aromatic carbocycles. The molecule has 1 fully saturated rings. The molecule has 2 nitrogen and oxygen atoms in total.